The Balaban J connectivity index is 2.86. The Hall–Kier alpha value is -0.900. The van der Waals surface area contributed by atoms with E-state index in [1.54, 1.807) is 11.3 Å². The average Bonchev–Trinajstić information content (AvgIpc) is 2.32. The molecule has 1 N–H and O–H groups in total. The number of carbonyl (C=O) groups excluding carboxylic acids is 1. The van der Waals surface area contributed by atoms with Crippen molar-refractivity contribution in [3.8, 4) is 0 Å². The van der Waals surface area contributed by atoms with E-state index < -0.39 is 0 Å². The van der Waals surface area contributed by atoms with E-state index in [0.717, 1.165) is 10.7 Å². The molecule has 0 saturated carbocycles. The van der Waals surface area contributed by atoms with Gasteiger partial charge in [0.1, 0.15) is 5.01 Å². The van der Waals surface area contributed by atoms with Crippen LogP contribution >= 0.6 is 11.3 Å². The third-order valence-electron chi connectivity index (χ3n) is 1.64. The van der Waals surface area contributed by atoms with Crippen molar-refractivity contribution in [2.24, 2.45) is 0 Å². The maximum atomic E-state index is 10.9. The minimum Gasteiger partial charge on any atom is -0.345 e. The Morgan fingerprint density at radius 3 is 2.62 bits per heavy atom. The number of carbonyl (C=O) groups is 1. The van der Waals surface area contributed by atoms with E-state index in [-0.39, 0.29) is 11.4 Å². The zero-order valence-electron chi connectivity index (χ0n) is 8.34. The first kappa shape index (κ1) is 10.2. The van der Waals surface area contributed by atoms with Crippen LogP contribution in [-0.2, 0) is 10.3 Å². The molecule has 0 unspecified atom stereocenters. The molecular formula is C9H14N2OS. The molecule has 0 fully saturated rings. The molecule has 0 spiro atoms. The zero-order chi connectivity index (χ0) is 10.1. The number of aromatic nitrogens is 1. The molecule has 13 heavy (non-hydrogen) atoms. The molecular weight excluding hydrogens is 184 g/mol. The minimum atomic E-state index is -0.356. The van der Waals surface area contributed by atoms with Crippen molar-refractivity contribution in [2.75, 3.05) is 0 Å². The van der Waals surface area contributed by atoms with Crippen molar-refractivity contribution < 1.29 is 4.79 Å². The average molecular weight is 198 g/mol. The van der Waals surface area contributed by atoms with E-state index in [0.29, 0.717) is 0 Å². The molecule has 3 nitrogen and oxygen atoms in total. The van der Waals surface area contributed by atoms with E-state index in [4.69, 9.17) is 0 Å². The molecule has 0 atom stereocenters. The van der Waals surface area contributed by atoms with Crippen LogP contribution in [0.25, 0.3) is 0 Å². The predicted molar refractivity (Wildman–Crippen MR) is 53.7 cm³/mol. The van der Waals surface area contributed by atoms with Crippen LogP contribution in [0.2, 0.25) is 0 Å². The molecule has 1 heterocycles. The fraction of sp³-hybridized carbons (Fsp3) is 0.556. The molecule has 0 bridgehead atoms. The van der Waals surface area contributed by atoms with Crippen LogP contribution in [0.1, 0.15) is 31.5 Å². The molecule has 0 radical (unpaired) electrons. The van der Waals surface area contributed by atoms with E-state index in [2.05, 4.69) is 10.3 Å². The lowest BCUT2D eigenvalue weighted by molar-refractivity contribution is -0.120. The third-order valence-corrected chi connectivity index (χ3v) is 2.93. The van der Waals surface area contributed by atoms with Crippen LogP contribution in [0.3, 0.4) is 0 Å². The van der Waals surface area contributed by atoms with Gasteiger partial charge in [-0.1, -0.05) is 0 Å². The largest absolute Gasteiger partial charge is 0.345 e. The van der Waals surface area contributed by atoms with Gasteiger partial charge in [-0.05, 0) is 20.8 Å². The van der Waals surface area contributed by atoms with Gasteiger partial charge in [0, 0.05) is 18.0 Å². The van der Waals surface area contributed by atoms with E-state index in [9.17, 15) is 4.79 Å². The van der Waals surface area contributed by atoms with Crippen LogP contribution in [0.4, 0.5) is 0 Å². The summed E-state index contributed by atoms with van der Waals surface area (Å²) in [6.07, 6.45) is 0. The Morgan fingerprint density at radius 2 is 2.23 bits per heavy atom. The number of hydrogen-bond acceptors (Lipinski definition) is 3. The second-order valence-electron chi connectivity index (χ2n) is 3.60. The molecule has 4 heteroatoms. The van der Waals surface area contributed by atoms with Gasteiger partial charge in [-0.2, -0.15) is 0 Å². The maximum absolute atomic E-state index is 10.9. The first-order valence-corrected chi connectivity index (χ1v) is 5.01. The lowest BCUT2D eigenvalue weighted by atomic mass is 10.1. The number of hydrogen-bond donors (Lipinski definition) is 1. The summed E-state index contributed by atoms with van der Waals surface area (Å²) in [6, 6.07) is 0. The molecule has 1 aromatic rings. The number of nitrogens with zero attached hydrogens (tertiary/aromatic N) is 1. The second-order valence-corrected chi connectivity index (χ2v) is 4.46. The number of nitrogens with one attached hydrogen (secondary N) is 1. The molecule has 72 valence electrons. The fourth-order valence-corrected chi connectivity index (χ4v) is 2.01. The van der Waals surface area contributed by atoms with E-state index in [1.165, 1.54) is 6.92 Å². The van der Waals surface area contributed by atoms with E-state index >= 15 is 0 Å². The Kier molecular flexibility index (Phi) is 2.71. The van der Waals surface area contributed by atoms with Gasteiger partial charge in [-0.15, -0.1) is 11.3 Å². The molecule has 1 rings (SSSR count). The van der Waals surface area contributed by atoms with Crippen LogP contribution in [0.15, 0.2) is 5.38 Å². The molecule has 0 saturated heterocycles. The summed E-state index contributed by atoms with van der Waals surface area (Å²) in [5.41, 5.74) is 0.642. The van der Waals surface area contributed by atoms with Gasteiger partial charge >= 0.3 is 0 Å². The summed E-state index contributed by atoms with van der Waals surface area (Å²) in [6.45, 7) is 7.37. The highest BCUT2D eigenvalue weighted by molar-refractivity contribution is 7.09. The SMILES string of the molecule is CC(=O)NC(C)(C)c1nc(C)cs1. The van der Waals surface area contributed by atoms with E-state index in [1.807, 2.05) is 26.2 Å². The highest BCUT2D eigenvalue weighted by atomic mass is 32.1. The van der Waals surface area contributed by atoms with Crippen molar-refractivity contribution >= 4 is 17.2 Å². The van der Waals surface area contributed by atoms with Crippen LogP contribution in [-0.4, -0.2) is 10.9 Å². The summed E-state index contributed by atoms with van der Waals surface area (Å²) >= 11 is 1.57. The van der Waals surface area contributed by atoms with Crippen LogP contribution in [0.5, 0.6) is 0 Å². The van der Waals surface area contributed by atoms with Crippen LogP contribution in [0, 0.1) is 6.92 Å². The van der Waals surface area contributed by atoms with Gasteiger partial charge in [0.15, 0.2) is 0 Å². The third kappa shape index (κ3) is 2.52. The van der Waals surface area contributed by atoms with Gasteiger partial charge in [0.25, 0.3) is 0 Å². The van der Waals surface area contributed by atoms with Crippen molar-refractivity contribution in [3.63, 3.8) is 0 Å². The van der Waals surface area contributed by atoms with Crippen molar-refractivity contribution in [3.05, 3.63) is 16.1 Å². The lowest BCUT2D eigenvalue weighted by Crippen LogP contribution is -2.39. The predicted octanol–water partition coefficient (Wildman–Crippen LogP) is 1.82. The van der Waals surface area contributed by atoms with Gasteiger partial charge in [-0.3, -0.25) is 4.79 Å². The molecule has 0 aliphatic rings. The fourth-order valence-electron chi connectivity index (χ4n) is 1.13. The second kappa shape index (κ2) is 3.46. The number of thiazole rings is 1. The van der Waals surface area contributed by atoms with Gasteiger partial charge in [0.05, 0.1) is 5.54 Å². The first-order chi connectivity index (χ1) is 5.92. The Morgan fingerprint density at radius 1 is 1.62 bits per heavy atom. The minimum absolute atomic E-state index is 0.0298. The molecule has 0 aliphatic carbocycles. The summed E-state index contributed by atoms with van der Waals surface area (Å²) < 4.78 is 0. The molecule has 1 aromatic heterocycles. The summed E-state index contributed by atoms with van der Waals surface area (Å²) in [7, 11) is 0. The Labute approximate surface area is 82.2 Å². The topological polar surface area (TPSA) is 42.0 Å². The highest BCUT2D eigenvalue weighted by Crippen LogP contribution is 2.23. The Bertz CT molecular complexity index is 317. The standard InChI is InChI=1S/C9H14N2OS/c1-6-5-13-8(10-6)9(3,4)11-7(2)12/h5H,1-4H3,(H,11,12). The normalized spacial score (nSPS) is 11.4. The first-order valence-electron chi connectivity index (χ1n) is 4.13. The number of aryl methyl sites for hydroxylation is 1. The smallest absolute Gasteiger partial charge is 0.217 e. The summed E-state index contributed by atoms with van der Waals surface area (Å²) in [4.78, 5) is 15.2. The molecule has 0 aromatic carbocycles. The van der Waals surface area contributed by atoms with Gasteiger partial charge < -0.3 is 5.32 Å². The molecule has 1 amide bonds. The monoisotopic (exact) mass is 198 g/mol. The van der Waals surface area contributed by atoms with Crippen molar-refractivity contribution in [1.29, 1.82) is 0 Å². The van der Waals surface area contributed by atoms with Crippen LogP contribution < -0.4 is 5.32 Å². The summed E-state index contributed by atoms with van der Waals surface area (Å²) in [5.74, 6) is -0.0298. The lowest BCUT2D eigenvalue weighted by Gasteiger charge is -2.22. The van der Waals surface area contributed by atoms with Crippen molar-refractivity contribution in [1.82, 2.24) is 10.3 Å². The number of amides is 1. The zero-order valence-corrected chi connectivity index (χ0v) is 9.16. The number of rotatable bonds is 2. The van der Waals surface area contributed by atoms with Gasteiger partial charge in [0.2, 0.25) is 5.91 Å². The quantitative estimate of drug-likeness (QED) is 0.787. The highest BCUT2D eigenvalue weighted by Gasteiger charge is 2.24. The summed E-state index contributed by atoms with van der Waals surface area (Å²) in [5, 5.41) is 5.79. The van der Waals surface area contributed by atoms with Crippen molar-refractivity contribution in [2.45, 2.75) is 33.2 Å². The maximum Gasteiger partial charge on any atom is 0.217 e. The van der Waals surface area contributed by atoms with Gasteiger partial charge in [-0.25, -0.2) is 4.98 Å². The molecule has 0 aliphatic heterocycles.